The average Bonchev–Trinajstić information content (AvgIpc) is 3.85. The molecule has 11 rings (SSSR count). The number of benzene rings is 10. The molecule has 1 aliphatic carbocycles. The lowest BCUT2D eigenvalue weighted by Gasteiger charge is -2.33. The highest BCUT2D eigenvalue weighted by Crippen LogP contribution is 2.55. The Morgan fingerprint density at radius 1 is 0.312 bits per heavy atom. The molecule has 0 fully saturated rings. The van der Waals surface area contributed by atoms with Crippen LogP contribution in [0.3, 0.4) is 0 Å². The van der Waals surface area contributed by atoms with Gasteiger partial charge in [0.25, 0.3) is 0 Å². The molecule has 0 amide bonds. The summed E-state index contributed by atoms with van der Waals surface area (Å²) in [5.41, 5.74) is 20.4. The Kier molecular flexibility index (Phi) is 15.8. The van der Waals surface area contributed by atoms with E-state index in [9.17, 15) is 0 Å². The van der Waals surface area contributed by atoms with Gasteiger partial charge >= 0.3 is 0 Å². The Labute approximate surface area is 460 Å². The van der Waals surface area contributed by atoms with E-state index in [1.807, 2.05) is 0 Å². The second-order valence-electron chi connectivity index (χ2n) is 22.1. The van der Waals surface area contributed by atoms with E-state index in [0.29, 0.717) is 0 Å². The summed E-state index contributed by atoms with van der Waals surface area (Å²) in [7, 11) is 0. The molecule has 0 aliphatic heterocycles. The Morgan fingerprint density at radius 3 is 1.30 bits per heavy atom. The van der Waals surface area contributed by atoms with E-state index in [0.717, 1.165) is 22.7 Å². The molecule has 10 aromatic rings. The summed E-state index contributed by atoms with van der Waals surface area (Å²) in [4.78, 5) is 4.86. The minimum Gasteiger partial charge on any atom is -0.310 e. The van der Waals surface area contributed by atoms with Crippen LogP contribution in [0.4, 0.5) is 34.1 Å². The second kappa shape index (κ2) is 23.7. The van der Waals surface area contributed by atoms with Crippen molar-refractivity contribution in [1.82, 2.24) is 0 Å². The van der Waals surface area contributed by atoms with E-state index in [2.05, 4.69) is 256 Å². The van der Waals surface area contributed by atoms with Crippen LogP contribution in [0.5, 0.6) is 0 Å². The van der Waals surface area contributed by atoms with Crippen molar-refractivity contribution in [2.45, 2.75) is 123 Å². The van der Waals surface area contributed by atoms with Crippen LogP contribution in [-0.4, -0.2) is 0 Å². The monoisotopic (exact) mass is 1000 g/mol. The molecule has 0 spiro atoms. The zero-order valence-corrected chi connectivity index (χ0v) is 46.1. The summed E-state index contributed by atoms with van der Waals surface area (Å²) in [5.74, 6) is 0. The van der Waals surface area contributed by atoms with Gasteiger partial charge in [-0.25, -0.2) is 0 Å². The normalized spacial score (nSPS) is 12.5. The molecule has 0 heterocycles. The molecule has 2 heteroatoms. The molecular formula is C75H76N2. The minimum absolute atomic E-state index is 0.0219. The van der Waals surface area contributed by atoms with Gasteiger partial charge in [-0.1, -0.05) is 248 Å². The highest BCUT2D eigenvalue weighted by molar-refractivity contribution is 6.01. The molecule has 0 saturated carbocycles. The first kappa shape index (κ1) is 51.4. The van der Waals surface area contributed by atoms with Crippen molar-refractivity contribution in [2.24, 2.45) is 0 Å². The van der Waals surface area contributed by atoms with Crippen molar-refractivity contribution >= 4 is 55.7 Å². The van der Waals surface area contributed by atoms with Gasteiger partial charge in [-0.15, -0.1) is 0 Å². The summed E-state index contributed by atoms with van der Waals surface area (Å²) >= 11 is 0. The number of anilines is 6. The van der Waals surface area contributed by atoms with E-state index in [4.69, 9.17) is 0 Å². The average molecular weight is 1010 g/mol. The molecule has 0 bridgehead atoms. The molecule has 0 radical (unpaired) electrons. The molecule has 0 atom stereocenters. The SMILES string of the molecule is CCCCCCCCC1(CCCCCCCC)c2cc(C)ccc2-c2ccc(-c3cccc(N(c4ccc(-c5ccc(N(c6cccc(C)c6)c6cccc7ccccc67)cc5)cc4)c4cccc5ccccc45)c3)cc21. The Bertz CT molecular complexity index is 3580. The standard InChI is InChI=1S/C75H76N2/c1-5-7-9-11-13-19-49-75(50-20-14-12-10-8-6-2)71-52-56(4)37-47-69(71)70-48-42-62(54-72(70)75)61-30-22-32-66(53-61)77(74-36-24-29-60-27-16-18-34-68(60)74)64-45-40-58(41-46-64)57-38-43-63(44-39-57)76(65-31-21-25-55(3)51-65)73-35-23-28-59-26-15-17-33-67(59)73/h15-18,21-48,51-54H,5-14,19-20,49-50H2,1-4H3. The molecule has 0 aromatic heterocycles. The van der Waals surface area contributed by atoms with Crippen LogP contribution < -0.4 is 9.80 Å². The molecule has 77 heavy (non-hydrogen) atoms. The van der Waals surface area contributed by atoms with Crippen LogP contribution >= 0.6 is 0 Å². The quantitative estimate of drug-likeness (QED) is 0.0624. The summed E-state index contributed by atoms with van der Waals surface area (Å²) in [6.45, 7) is 9.11. The smallest absolute Gasteiger partial charge is 0.0540 e. The third-order valence-corrected chi connectivity index (χ3v) is 16.7. The van der Waals surface area contributed by atoms with Gasteiger partial charge in [-0.2, -0.15) is 0 Å². The predicted molar refractivity (Wildman–Crippen MR) is 333 cm³/mol. The first-order chi connectivity index (χ1) is 37.9. The van der Waals surface area contributed by atoms with Gasteiger partial charge in [0.2, 0.25) is 0 Å². The minimum atomic E-state index is 0.0219. The maximum atomic E-state index is 2.61. The van der Waals surface area contributed by atoms with Crippen LogP contribution in [-0.2, 0) is 5.41 Å². The molecule has 2 nitrogen and oxygen atoms in total. The number of hydrogen-bond acceptors (Lipinski definition) is 2. The van der Waals surface area contributed by atoms with Crippen molar-refractivity contribution in [2.75, 3.05) is 9.80 Å². The Hall–Kier alpha value is -7.68. The third-order valence-electron chi connectivity index (χ3n) is 16.7. The van der Waals surface area contributed by atoms with Gasteiger partial charge in [-0.05, 0) is 154 Å². The fourth-order valence-corrected chi connectivity index (χ4v) is 12.7. The third kappa shape index (κ3) is 10.9. The zero-order chi connectivity index (χ0) is 52.6. The summed E-state index contributed by atoms with van der Waals surface area (Å²) in [6, 6.07) is 82.0. The van der Waals surface area contributed by atoms with Gasteiger partial charge in [0.05, 0.1) is 11.4 Å². The fourth-order valence-electron chi connectivity index (χ4n) is 12.7. The lowest BCUT2D eigenvalue weighted by atomic mass is 9.70. The van der Waals surface area contributed by atoms with E-state index in [1.54, 1.807) is 11.1 Å². The summed E-state index contributed by atoms with van der Waals surface area (Å²) in [6.07, 6.45) is 18.2. The van der Waals surface area contributed by atoms with Crippen molar-refractivity contribution < 1.29 is 0 Å². The largest absolute Gasteiger partial charge is 0.310 e. The summed E-state index contributed by atoms with van der Waals surface area (Å²) in [5, 5.41) is 4.91. The number of aryl methyl sites for hydroxylation is 2. The van der Waals surface area contributed by atoms with Crippen LogP contribution in [0.2, 0.25) is 0 Å². The fraction of sp³-hybridized carbons (Fsp3) is 0.253. The second-order valence-corrected chi connectivity index (χ2v) is 22.1. The lowest BCUT2D eigenvalue weighted by molar-refractivity contribution is 0.398. The van der Waals surface area contributed by atoms with Gasteiger partial charge in [0.15, 0.2) is 0 Å². The molecular weight excluding hydrogens is 929 g/mol. The van der Waals surface area contributed by atoms with E-state index in [1.165, 1.54) is 167 Å². The number of unbranched alkanes of at least 4 members (excludes halogenated alkanes) is 10. The van der Waals surface area contributed by atoms with Crippen LogP contribution in [0.25, 0.3) is 54.9 Å². The van der Waals surface area contributed by atoms with Crippen molar-refractivity contribution in [3.05, 3.63) is 241 Å². The maximum Gasteiger partial charge on any atom is 0.0540 e. The van der Waals surface area contributed by atoms with E-state index in [-0.39, 0.29) is 5.41 Å². The van der Waals surface area contributed by atoms with Crippen molar-refractivity contribution in [1.29, 1.82) is 0 Å². The van der Waals surface area contributed by atoms with E-state index < -0.39 is 0 Å². The zero-order valence-electron chi connectivity index (χ0n) is 46.1. The predicted octanol–water partition coefficient (Wildman–Crippen LogP) is 22.7. The highest BCUT2D eigenvalue weighted by atomic mass is 15.1. The molecule has 10 aromatic carbocycles. The Morgan fingerprint density at radius 2 is 0.740 bits per heavy atom. The summed E-state index contributed by atoms with van der Waals surface area (Å²) < 4.78 is 0. The topological polar surface area (TPSA) is 6.48 Å². The maximum absolute atomic E-state index is 2.61. The van der Waals surface area contributed by atoms with E-state index >= 15 is 0 Å². The van der Waals surface area contributed by atoms with Crippen LogP contribution in [0.1, 0.15) is 126 Å². The van der Waals surface area contributed by atoms with Gasteiger partial charge < -0.3 is 9.80 Å². The molecule has 1 aliphatic rings. The highest BCUT2D eigenvalue weighted by Gasteiger charge is 2.42. The lowest BCUT2D eigenvalue weighted by Crippen LogP contribution is -2.25. The van der Waals surface area contributed by atoms with Crippen molar-refractivity contribution in [3.8, 4) is 33.4 Å². The van der Waals surface area contributed by atoms with Gasteiger partial charge in [0, 0.05) is 38.9 Å². The molecule has 0 saturated heterocycles. The van der Waals surface area contributed by atoms with Crippen molar-refractivity contribution in [3.63, 3.8) is 0 Å². The van der Waals surface area contributed by atoms with Crippen LogP contribution in [0, 0.1) is 13.8 Å². The number of nitrogens with zero attached hydrogens (tertiary/aromatic N) is 2. The molecule has 0 N–H and O–H groups in total. The van der Waals surface area contributed by atoms with Crippen LogP contribution in [0.15, 0.2) is 218 Å². The number of rotatable bonds is 22. The first-order valence-electron chi connectivity index (χ1n) is 29.1. The van der Waals surface area contributed by atoms with Gasteiger partial charge in [0.1, 0.15) is 0 Å². The molecule has 386 valence electrons. The number of fused-ring (bicyclic) bond motifs is 5. The molecule has 0 unspecified atom stereocenters. The first-order valence-corrected chi connectivity index (χ1v) is 29.1. The van der Waals surface area contributed by atoms with Gasteiger partial charge in [-0.3, -0.25) is 0 Å². The Balaban J connectivity index is 0.946. The number of hydrogen-bond donors (Lipinski definition) is 0.